The van der Waals surface area contributed by atoms with Crippen LogP contribution < -0.4 is 4.74 Å². The Kier molecular flexibility index (Phi) is 5.44. The van der Waals surface area contributed by atoms with Gasteiger partial charge in [-0.1, -0.05) is 19.1 Å². The number of hydrogen-bond acceptors (Lipinski definition) is 5. The molecule has 24 heavy (non-hydrogen) atoms. The smallest absolute Gasteiger partial charge is 0.247 e. The van der Waals surface area contributed by atoms with E-state index in [1.165, 1.54) is 0 Å². The van der Waals surface area contributed by atoms with Gasteiger partial charge in [0.1, 0.15) is 16.7 Å². The minimum atomic E-state index is -3.53. The Morgan fingerprint density at radius 2 is 2.00 bits per heavy atom. The number of fused-ring (bicyclic) bond motifs is 2. The molecule has 1 saturated heterocycles. The molecule has 0 unspecified atom stereocenters. The van der Waals surface area contributed by atoms with E-state index < -0.39 is 10.0 Å². The predicted molar refractivity (Wildman–Crippen MR) is 91.8 cm³/mol. The van der Waals surface area contributed by atoms with Crippen molar-refractivity contribution >= 4 is 10.0 Å². The maximum atomic E-state index is 13.1. The minimum absolute atomic E-state index is 0.115. The summed E-state index contributed by atoms with van der Waals surface area (Å²) < 4.78 is 39.2. The highest BCUT2D eigenvalue weighted by Gasteiger charge is 2.42. The summed E-state index contributed by atoms with van der Waals surface area (Å²) in [4.78, 5) is 2.62. The first-order chi connectivity index (χ1) is 11.6. The van der Waals surface area contributed by atoms with Crippen LogP contribution in [-0.2, 0) is 14.8 Å². The van der Waals surface area contributed by atoms with Gasteiger partial charge in [-0.2, -0.15) is 4.31 Å². The summed E-state index contributed by atoms with van der Waals surface area (Å²) in [5.41, 5.74) is 0. The summed E-state index contributed by atoms with van der Waals surface area (Å²) in [7, 11) is -1.82. The zero-order valence-electron chi connectivity index (χ0n) is 14.3. The lowest BCUT2D eigenvalue weighted by Gasteiger charge is -2.30. The SMILES string of the molecule is CCN1[C@@H]2CCN(CCOC)CC[C@H]2Oc2ccccc2S1(=O)=O. The van der Waals surface area contributed by atoms with Crippen LogP contribution >= 0.6 is 0 Å². The van der Waals surface area contributed by atoms with Crippen molar-refractivity contribution < 1.29 is 17.9 Å². The summed E-state index contributed by atoms with van der Waals surface area (Å²) in [6.07, 6.45) is 1.47. The van der Waals surface area contributed by atoms with Crippen molar-refractivity contribution in [3.8, 4) is 5.75 Å². The molecule has 6 nitrogen and oxygen atoms in total. The number of methoxy groups -OCH3 is 1. The van der Waals surface area contributed by atoms with Crippen LogP contribution in [0.25, 0.3) is 0 Å². The quantitative estimate of drug-likeness (QED) is 0.821. The van der Waals surface area contributed by atoms with E-state index in [1.54, 1.807) is 29.6 Å². The van der Waals surface area contributed by atoms with Crippen molar-refractivity contribution in [1.29, 1.82) is 0 Å². The lowest BCUT2D eigenvalue weighted by atomic mass is 10.1. The van der Waals surface area contributed by atoms with Crippen molar-refractivity contribution in [2.24, 2.45) is 0 Å². The Balaban J connectivity index is 1.92. The molecule has 0 N–H and O–H groups in total. The topological polar surface area (TPSA) is 59.1 Å². The van der Waals surface area contributed by atoms with Crippen LogP contribution in [0.2, 0.25) is 0 Å². The van der Waals surface area contributed by atoms with Crippen molar-refractivity contribution in [3.63, 3.8) is 0 Å². The van der Waals surface area contributed by atoms with Crippen LogP contribution in [0.3, 0.4) is 0 Å². The average molecular weight is 354 g/mol. The van der Waals surface area contributed by atoms with Gasteiger partial charge in [0.15, 0.2) is 0 Å². The van der Waals surface area contributed by atoms with Gasteiger partial charge in [0.2, 0.25) is 10.0 Å². The van der Waals surface area contributed by atoms with Gasteiger partial charge in [-0.15, -0.1) is 0 Å². The third-order valence-corrected chi connectivity index (χ3v) is 6.95. The molecule has 2 atom stereocenters. The Morgan fingerprint density at radius 3 is 2.75 bits per heavy atom. The van der Waals surface area contributed by atoms with Gasteiger partial charge in [-0.3, -0.25) is 0 Å². The summed E-state index contributed by atoms with van der Waals surface area (Å²) in [6, 6.07) is 6.86. The molecule has 0 aliphatic carbocycles. The lowest BCUT2D eigenvalue weighted by Crippen LogP contribution is -2.46. The molecule has 0 amide bonds. The van der Waals surface area contributed by atoms with E-state index in [0.29, 0.717) is 18.9 Å². The van der Waals surface area contributed by atoms with E-state index in [-0.39, 0.29) is 17.0 Å². The third-order valence-electron chi connectivity index (χ3n) is 4.91. The number of para-hydroxylation sites is 1. The average Bonchev–Trinajstić information content (AvgIpc) is 2.81. The summed E-state index contributed by atoms with van der Waals surface area (Å²) in [5, 5.41) is 0. The van der Waals surface area contributed by atoms with E-state index in [9.17, 15) is 8.42 Å². The van der Waals surface area contributed by atoms with Crippen LogP contribution in [0.4, 0.5) is 0 Å². The molecule has 134 valence electrons. The van der Waals surface area contributed by atoms with Crippen molar-refractivity contribution in [1.82, 2.24) is 9.21 Å². The molecular formula is C17H26N2O4S. The molecule has 0 spiro atoms. The Morgan fingerprint density at radius 1 is 1.25 bits per heavy atom. The first-order valence-electron chi connectivity index (χ1n) is 8.56. The van der Waals surface area contributed by atoms with Gasteiger partial charge in [0.05, 0.1) is 12.6 Å². The second-order valence-electron chi connectivity index (χ2n) is 6.29. The van der Waals surface area contributed by atoms with Gasteiger partial charge >= 0.3 is 0 Å². The molecule has 2 heterocycles. The summed E-state index contributed by atoms with van der Waals surface area (Å²) in [5.74, 6) is 0.480. The summed E-state index contributed by atoms with van der Waals surface area (Å²) in [6.45, 7) is 5.66. The number of nitrogens with zero attached hydrogens (tertiary/aromatic N) is 2. The zero-order valence-corrected chi connectivity index (χ0v) is 15.2. The largest absolute Gasteiger partial charge is 0.487 e. The Labute approximate surface area is 144 Å². The maximum absolute atomic E-state index is 13.1. The molecule has 2 aliphatic heterocycles. The van der Waals surface area contributed by atoms with Gasteiger partial charge < -0.3 is 14.4 Å². The second-order valence-corrected chi connectivity index (χ2v) is 8.15. The third kappa shape index (κ3) is 3.31. The number of ether oxygens (including phenoxy) is 2. The number of likely N-dealkylation sites (tertiary alicyclic amines) is 1. The molecule has 0 radical (unpaired) electrons. The fourth-order valence-corrected chi connectivity index (χ4v) is 5.47. The van der Waals surface area contributed by atoms with Crippen molar-refractivity contribution in [2.75, 3.05) is 39.9 Å². The second kappa shape index (κ2) is 7.39. The first-order valence-corrected chi connectivity index (χ1v) is 10.0. The van der Waals surface area contributed by atoms with E-state index in [0.717, 1.165) is 32.5 Å². The monoisotopic (exact) mass is 354 g/mol. The number of sulfonamides is 1. The van der Waals surface area contributed by atoms with Crippen LogP contribution in [0.1, 0.15) is 19.8 Å². The molecular weight excluding hydrogens is 328 g/mol. The van der Waals surface area contributed by atoms with Gasteiger partial charge in [0, 0.05) is 26.7 Å². The maximum Gasteiger partial charge on any atom is 0.247 e. The lowest BCUT2D eigenvalue weighted by molar-refractivity contribution is 0.114. The van der Waals surface area contributed by atoms with Gasteiger partial charge in [0.25, 0.3) is 0 Å². The molecule has 0 bridgehead atoms. The first kappa shape index (κ1) is 17.7. The molecule has 7 heteroatoms. The van der Waals surface area contributed by atoms with Crippen LogP contribution in [0.5, 0.6) is 5.75 Å². The highest BCUT2D eigenvalue weighted by Crippen LogP contribution is 2.36. The van der Waals surface area contributed by atoms with E-state index in [1.807, 2.05) is 13.0 Å². The number of benzene rings is 1. The van der Waals surface area contributed by atoms with Crippen molar-refractivity contribution in [3.05, 3.63) is 24.3 Å². The highest BCUT2D eigenvalue weighted by atomic mass is 32.2. The van der Waals surface area contributed by atoms with E-state index in [2.05, 4.69) is 4.90 Å². The summed E-state index contributed by atoms with van der Waals surface area (Å²) >= 11 is 0. The molecule has 0 saturated carbocycles. The van der Waals surface area contributed by atoms with Gasteiger partial charge in [-0.05, 0) is 31.5 Å². The number of hydrogen-bond donors (Lipinski definition) is 0. The van der Waals surface area contributed by atoms with Crippen LogP contribution in [0, 0.1) is 0 Å². The van der Waals surface area contributed by atoms with Crippen LogP contribution in [-0.4, -0.2) is 69.7 Å². The van der Waals surface area contributed by atoms with E-state index >= 15 is 0 Å². The van der Waals surface area contributed by atoms with E-state index in [4.69, 9.17) is 9.47 Å². The normalized spacial score (nSPS) is 27.4. The molecule has 1 fully saturated rings. The Hall–Kier alpha value is -1.15. The molecule has 0 aromatic heterocycles. The number of likely N-dealkylation sites (N-methyl/N-ethyl adjacent to an activating group) is 1. The predicted octanol–water partition coefficient (Wildman–Crippen LogP) is 1.57. The molecule has 1 aromatic rings. The minimum Gasteiger partial charge on any atom is -0.487 e. The van der Waals surface area contributed by atoms with Crippen LogP contribution in [0.15, 0.2) is 29.2 Å². The highest BCUT2D eigenvalue weighted by molar-refractivity contribution is 7.89. The van der Waals surface area contributed by atoms with Gasteiger partial charge in [-0.25, -0.2) is 8.42 Å². The molecule has 1 aromatic carbocycles. The fraction of sp³-hybridized carbons (Fsp3) is 0.647. The standard InChI is InChI=1S/C17H26N2O4S/c1-3-19-14-8-10-18(12-13-22-2)11-9-15(14)23-16-6-4-5-7-17(16)24(19,20)21/h4-7,14-15H,3,8-13H2,1-2H3/t14-,15-/m1/s1. The molecule has 3 rings (SSSR count). The Bertz CT molecular complexity index is 664. The fourth-order valence-electron chi connectivity index (χ4n) is 3.66. The molecule has 2 aliphatic rings. The zero-order chi connectivity index (χ0) is 17.2. The number of rotatable bonds is 4. The van der Waals surface area contributed by atoms with Crippen molar-refractivity contribution in [2.45, 2.75) is 36.8 Å².